The van der Waals surface area contributed by atoms with E-state index in [1.54, 1.807) is 12.1 Å². The van der Waals surface area contributed by atoms with Gasteiger partial charge < -0.3 is 4.74 Å². The molecule has 0 aliphatic heterocycles. The van der Waals surface area contributed by atoms with E-state index < -0.39 is 5.97 Å². The maximum absolute atomic E-state index is 10.5. The molecule has 0 radical (unpaired) electrons. The molecule has 4 heteroatoms. The van der Waals surface area contributed by atoms with Gasteiger partial charge in [-0.3, -0.25) is 4.79 Å². The molecule has 0 aliphatic carbocycles. The van der Waals surface area contributed by atoms with Gasteiger partial charge in [0.25, 0.3) is 0 Å². The number of aldehydes is 1. The van der Waals surface area contributed by atoms with Crippen LogP contribution in [0, 0.1) is 0 Å². The Morgan fingerprint density at radius 3 is 2.83 bits per heavy atom. The standard InChI is InChI=1S/C8H5ClO3/c9-6-2-1-3-7(4-6)12-8(11)5-10/h1-5H. The van der Waals surface area contributed by atoms with Crippen molar-refractivity contribution >= 4 is 23.9 Å². The van der Waals surface area contributed by atoms with E-state index in [0.29, 0.717) is 5.02 Å². The van der Waals surface area contributed by atoms with Gasteiger partial charge in [-0.25, -0.2) is 4.79 Å². The van der Waals surface area contributed by atoms with Gasteiger partial charge in [-0.05, 0) is 18.2 Å². The molecule has 3 nitrogen and oxygen atoms in total. The lowest BCUT2D eigenvalue weighted by Crippen LogP contribution is -2.08. The van der Waals surface area contributed by atoms with Crippen molar-refractivity contribution in [1.29, 1.82) is 0 Å². The Morgan fingerprint density at radius 2 is 2.25 bits per heavy atom. The number of hydrogen-bond acceptors (Lipinski definition) is 3. The quantitative estimate of drug-likeness (QED) is 0.302. The number of carbonyl (C=O) groups is 2. The summed E-state index contributed by atoms with van der Waals surface area (Å²) in [6.45, 7) is 0. The SMILES string of the molecule is O=CC(=O)Oc1cccc(Cl)c1. The van der Waals surface area contributed by atoms with E-state index in [0.717, 1.165) is 0 Å². The fourth-order valence-corrected chi connectivity index (χ4v) is 0.851. The topological polar surface area (TPSA) is 43.4 Å². The average Bonchev–Trinajstić information content (AvgIpc) is 2.04. The summed E-state index contributed by atoms with van der Waals surface area (Å²) in [5.41, 5.74) is 0. The first-order valence-corrected chi connectivity index (χ1v) is 3.53. The molecular weight excluding hydrogens is 180 g/mol. The number of esters is 1. The fraction of sp³-hybridized carbons (Fsp3) is 0. The van der Waals surface area contributed by atoms with Gasteiger partial charge in [0.05, 0.1) is 0 Å². The number of rotatable bonds is 2. The predicted octanol–water partition coefficient (Wildman–Crippen LogP) is 1.44. The summed E-state index contributed by atoms with van der Waals surface area (Å²) in [4.78, 5) is 20.3. The molecule has 0 saturated heterocycles. The van der Waals surface area contributed by atoms with Crippen LogP contribution in [0.15, 0.2) is 24.3 Å². The van der Waals surface area contributed by atoms with Crippen LogP contribution in [0.25, 0.3) is 0 Å². The molecule has 0 bridgehead atoms. The van der Waals surface area contributed by atoms with Crippen LogP contribution in [-0.4, -0.2) is 12.3 Å². The van der Waals surface area contributed by atoms with Crippen molar-refractivity contribution in [2.75, 3.05) is 0 Å². The van der Waals surface area contributed by atoms with E-state index in [9.17, 15) is 9.59 Å². The van der Waals surface area contributed by atoms with Gasteiger partial charge in [-0.2, -0.15) is 0 Å². The lowest BCUT2D eigenvalue weighted by atomic mass is 10.3. The van der Waals surface area contributed by atoms with Crippen LogP contribution in [0.3, 0.4) is 0 Å². The summed E-state index contributed by atoms with van der Waals surface area (Å²) in [6.07, 6.45) is 0.0981. The Hall–Kier alpha value is -1.35. The van der Waals surface area contributed by atoms with Crippen LogP contribution >= 0.6 is 11.6 Å². The van der Waals surface area contributed by atoms with Crippen LogP contribution < -0.4 is 4.74 Å². The molecule has 0 N–H and O–H groups in total. The van der Waals surface area contributed by atoms with E-state index in [4.69, 9.17) is 11.6 Å². The fourth-order valence-electron chi connectivity index (χ4n) is 0.671. The second kappa shape index (κ2) is 3.88. The van der Waals surface area contributed by atoms with Crippen molar-refractivity contribution in [2.24, 2.45) is 0 Å². The van der Waals surface area contributed by atoms with Crippen LogP contribution in [0.4, 0.5) is 0 Å². The molecule has 0 atom stereocenters. The lowest BCUT2D eigenvalue weighted by Gasteiger charge is -1.98. The molecule has 62 valence electrons. The van der Waals surface area contributed by atoms with Crippen molar-refractivity contribution in [3.8, 4) is 5.75 Å². The van der Waals surface area contributed by atoms with E-state index >= 15 is 0 Å². The molecule has 0 amide bonds. The second-order valence-corrected chi connectivity index (χ2v) is 2.43. The van der Waals surface area contributed by atoms with E-state index in [1.165, 1.54) is 12.1 Å². The minimum Gasteiger partial charge on any atom is -0.421 e. The first-order chi connectivity index (χ1) is 5.72. The van der Waals surface area contributed by atoms with E-state index in [1.807, 2.05) is 0 Å². The largest absolute Gasteiger partial charge is 0.421 e. The molecule has 1 aromatic rings. The van der Waals surface area contributed by atoms with Crippen LogP contribution in [-0.2, 0) is 9.59 Å². The average molecular weight is 185 g/mol. The molecule has 0 unspecified atom stereocenters. The highest BCUT2D eigenvalue weighted by molar-refractivity contribution is 6.30. The zero-order valence-corrected chi connectivity index (χ0v) is 6.75. The first kappa shape index (κ1) is 8.74. The van der Waals surface area contributed by atoms with Crippen LogP contribution in [0.2, 0.25) is 5.02 Å². The smallest absolute Gasteiger partial charge is 0.376 e. The molecular formula is C8H5ClO3. The van der Waals surface area contributed by atoms with Crippen molar-refractivity contribution in [3.05, 3.63) is 29.3 Å². The number of halogens is 1. The second-order valence-electron chi connectivity index (χ2n) is 2.00. The van der Waals surface area contributed by atoms with E-state index in [-0.39, 0.29) is 12.0 Å². The molecule has 12 heavy (non-hydrogen) atoms. The number of benzene rings is 1. The Morgan fingerprint density at radius 1 is 1.50 bits per heavy atom. The Labute approximate surface area is 73.9 Å². The minimum atomic E-state index is -0.933. The summed E-state index contributed by atoms with van der Waals surface area (Å²) in [6, 6.07) is 6.24. The molecule has 0 saturated carbocycles. The monoisotopic (exact) mass is 184 g/mol. The highest BCUT2D eigenvalue weighted by atomic mass is 35.5. The van der Waals surface area contributed by atoms with Gasteiger partial charge in [0.2, 0.25) is 6.29 Å². The molecule has 0 aliphatic rings. The third-order valence-corrected chi connectivity index (χ3v) is 1.35. The summed E-state index contributed by atoms with van der Waals surface area (Å²) >= 11 is 5.59. The molecule has 1 rings (SSSR count). The number of ether oxygens (including phenoxy) is 1. The first-order valence-electron chi connectivity index (χ1n) is 3.15. The highest BCUT2D eigenvalue weighted by Gasteiger charge is 2.01. The molecule has 0 heterocycles. The number of hydrogen-bond donors (Lipinski definition) is 0. The maximum atomic E-state index is 10.5. The third kappa shape index (κ3) is 2.36. The van der Waals surface area contributed by atoms with Gasteiger partial charge in [-0.1, -0.05) is 17.7 Å². The zero-order valence-electron chi connectivity index (χ0n) is 5.99. The van der Waals surface area contributed by atoms with Crippen molar-refractivity contribution in [2.45, 2.75) is 0 Å². The Bertz CT molecular complexity index is 309. The lowest BCUT2D eigenvalue weighted by molar-refractivity contribution is -0.141. The summed E-state index contributed by atoms with van der Waals surface area (Å²) in [5.74, 6) is -0.670. The zero-order chi connectivity index (χ0) is 8.97. The predicted molar refractivity (Wildman–Crippen MR) is 43.2 cm³/mol. The molecule has 0 aromatic heterocycles. The van der Waals surface area contributed by atoms with Crippen molar-refractivity contribution in [3.63, 3.8) is 0 Å². The van der Waals surface area contributed by atoms with Crippen molar-refractivity contribution < 1.29 is 14.3 Å². The maximum Gasteiger partial charge on any atom is 0.376 e. The summed E-state index contributed by atoms with van der Waals surface area (Å²) in [5, 5.41) is 0.450. The van der Waals surface area contributed by atoms with Crippen LogP contribution in [0.1, 0.15) is 0 Å². The van der Waals surface area contributed by atoms with Gasteiger partial charge in [0.1, 0.15) is 5.75 Å². The van der Waals surface area contributed by atoms with Gasteiger partial charge >= 0.3 is 5.97 Å². The molecule has 0 fully saturated rings. The number of carbonyl (C=O) groups excluding carboxylic acids is 2. The van der Waals surface area contributed by atoms with Gasteiger partial charge in [0, 0.05) is 5.02 Å². The van der Waals surface area contributed by atoms with Gasteiger partial charge in [-0.15, -0.1) is 0 Å². The van der Waals surface area contributed by atoms with Crippen LogP contribution in [0.5, 0.6) is 5.75 Å². The normalized spacial score (nSPS) is 9.08. The Kier molecular flexibility index (Phi) is 2.82. The molecule has 1 aromatic carbocycles. The molecule has 0 spiro atoms. The summed E-state index contributed by atoms with van der Waals surface area (Å²) < 4.78 is 4.55. The third-order valence-electron chi connectivity index (χ3n) is 1.11. The minimum absolute atomic E-state index is 0.0981. The van der Waals surface area contributed by atoms with Gasteiger partial charge in [0.15, 0.2) is 0 Å². The van der Waals surface area contributed by atoms with Crippen molar-refractivity contribution in [1.82, 2.24) is 0 Å². The summed E-state index contributed by atoms with van der Waals surface area (Å²) in [7, 11) is 0. The Balaban J connectivity index is 2.76. The van der Waals surface area contributed by atoms with E-state index in [2.05, 4.69) is 4.74 Å². The highest BCUT2D eigenvalue weighted by Crippen LogP contribution is 2.16.